The van der Waals surface area contributed by atoms with Gasteiger partial charge in [-0.15, -0.1) is 0 Å². The molecule has 6 N–H and O–H groups in total. The lowest BCUT2D eigenvalue weighted by molar-refractivity contribution is 0.100. The molecule has 0 radical (unpaired) electrons. The van der Waals surface area contributed by atoms with E-state index in [1.165, 1.54) is 6.07 Å². The van der Waals surface area contributed by atoms with Crippen molar-refractivity contribution >= 4 is 34.1 Å². The largest absolute Gasteiger partial charge is 0.365 e. The molecule has 0 aliphatic heterocycles. The Balaban J connectivity index is 2.04. The number of nitrogens with zero attached hydrogens (tertiary/aromatic N) is 3. The van der Waals surface area contributed by atoms with Gasteiger partial charge in [0.1, 0.15) is 17.7 Å². The summed E-state index contributed by atoms with van der Waals surface area (Å²) in [4.78, 5) is 20.8. The molecule has 0 saturated heterocycles. The summed E-state index contributed by atoms with van der Waals surface area (Å²) >= 11 is 0. The first kappa shape index (κ1) is 20.0. The highest BCUT2D eigenvalue weighted by Crippen LogP contribution is 2.26. The summed E-state index contributed by atoms with van der Waals surface area (Å²) in [6, 6.07) is 12.8. The number of amides is 1. The Bertz CT molecular complexity index is 1090. The van der Waals surface area contributed by atoms with Crippen LogP contribution < -0.4 is 22.1 Å². The molecule has 2 heterocycles. The molecule has 0 spiro atoms. The Labute approximate surface area is 168 Å². The first-order valence-corrected chi connectivity index (χ1v) is 9.26. The minimum absolute atomic E-state index is 0.0754. The second-order valence-corrected chi connectivity index (χ2v) is 7.02. The zero-order chi connectivity index (χ0) is 21.0. The minimum Gasteiger partial charge on any atom is -0.365 e. The molecule has 1 amide bonds. The van der Waals surface area contributed by atoms with Crippen LogP contribution in [0.1, 0.15) is 29.8 Å². The molecule has 1 atom stereocenters. The molecule has 8 heteroatoms. The van der Waals surface area contributed by atoms with E-state index in [0.717, 1.165) is 16.6 Å². The fraction of sp³-hybridized carbons (Fsp3) is 0.238. The predicted octanol–water partition coefficient (Wildman–Crippen LogP) is 2.74. The highest BCUT2D eigenvalue weighted by Gasteiger charge is 2.19. The SMILES string of the molecule is CC(C)[C@H](CN)Nc1nc(Nc2ccc3ncccc3c2)c(C(N)=O)cc1C#N. The van der Waals surface area contributed by atoms with Crippen LogP contribution in [-0.4, -0.2) is 28.5 Å². The number of benzene rings is 1. The highest BCUT2D eigenvalue weighted by atomic mass is 16.1. The molecule has 29 heavy (non-hydrogen) atoms. The van der Waals surface area contributed by atoms with Gasteiger partial charge in [0, 0.05) is 29.9 Å². The minimum atomic E-state index is -0.676. The van der Waals surface area contributed by atoms with Crippen molar-refractivity contribution in [2.45, 2.75) is 19.9 Å². The van der Waals surface area contributed by atoms with Gasteiger partial charge in [-0.3, -0.25) is 9.78 Å². The summed E-state index contributed by atoms with van der Waals surface area (Å²) in [5.41, 5.74) is 13.3. The number of nitriles is 1. The summed E-state index contributed by atoms with van der Waals surface area (Å²) in [5.74, 6) is 0.173. The van der Waals surface area contributed by atoms with Crippen LogP contribution in [0.3, 0.4) is 0 Å². The third-order valence-corrected chi connectivity index (χ3v) is 4.65. The monoisotopic (exact) mass is 389 g/mol. The van der Waals surface area contributed by atoms with Crippen LogP contribution >= 0.6 is 0 Å². The number of hydrogen-bond donors (Lipinski definition) is 4. The Hall–Kier alpha value is -3.70. The number of carbonyl (C=O) groups excluding carboxylic acids is 1. The van der Waals surface area contributed by atoms with Crippen LogP contribution in [0, 0.1) is 17.2 Å². The van der Waals surface area contributed by atoms with Gasteiger partial charge >= 0.3 is 0 Å². The molecule has 0 saturated carbocycles. The van der Waals surface area contributed by atoms with Crippen LogP contribution in [-0.2, 0) is 0 Å². The molecular formula is C21H23N7O. The van der Waals surface area contributed by atoms with E-state index < -0.39 is 5.91 Å². The summed E-state index contributed by atoms with van der Waals surface area (Å²) in [7, 11) is 0. The van der Waals surface area contributed by atoms with E-state index in [-0.39, 0.29) is 28.9 Å². The topological polar surface area (TPSA) is 143 Å². The number of nitrogens with two attached hydrogens (primary N) is 2. The third kappa shape index (κ3) is 4.42. The molecule has 0 fully saturated rings. The summed E-state index contributed by atoms with van der Waals surface area (Å²) < 4.78 is 0. The maximum atomic E-state index is 12.0. The van der Waals surface area contributed by atoms with E-state index in [1.807, 2.05) is 44.2 Å². The zero-order valence-corrected chi connectivity index (χ0v) is 16.3. The van der Waals surface area contributed by atoms with Crippen molar-refractivity contribution in [3.8, 4) is 6.07 Å². The standard InChI is InChI=1S/C21H23N7O/c1-12(2)18(11-23)27-20-14(10-22)9-16(19(24)29)21(28-20)26-15-5-6-17-13(8-15)4-3-7-25-17/h3-9,12,18H,11,23H2,1-2H3,(H2,24,29)(H2,26,27,28)/t18-/m0/s1. The van der Waals surface area contributed by atoms with Crippen molar-refractivity contribution in [1.29, 1.82) is 5.26 Å². The smallest absolute Gasteiger partial charge is 0.252 e. The lowest BCUT2D eigenvalue weighted by Gasteiger charge is -2.22. The van der Waals surface area contributed by atoms with Crippen LogP contribution in [0.5, 0.6) is 0 Å². The fourth-order valence-corrected chi connectivity index (χ4v) is 2.96. The number of carbonyl (C=O) groups is 1. The number of anilines is 3. The number of nitrogens with one attached hydrogen (secondary N) is 2. The Kier molecular flexibility index (Phi) is 5.90. The zero-order valence-electron chi connectivity index (χ0n) is 16.3. The number of rotatable bonds is 7. The first-order chi connectivity index (χ1) is 13.9. The van der Waals surface area contributed by atoms with Crippen LogP contribution in [0.4, 0.5) is 17.3 Å². The summed E-state index contributed by atoms with van der Waals surface area (Å²) in [6.07, 6.45) is 1.73. The maximum absolute atomic E-state index is 12.0. The van der Waals surface area contributed by atoms with Crippen LogP contribution in [0.15, 0.2) is 42.6 Å². The van der Waals surface area contributed by atoms with E-state index in [9.17, 15) is 10.1 Å². The van der Waals surface area contributed by atoms with Crippen molar-refractivity contribution in [2.75, 3.05) is 17.2 Å². The van der Waals surface area contributed by atoms with Crippen molar-refractivity contribution in [1.82, 2.24) is 9.97 Å². The van der Waals surface area contributed by atoms with Gasteiger partial charge in [0.15, 0.2) is 0 Å². The van der Waals surface area contributed by atoms with Gasteiger partial charge in [0.2, 0.25) is 0 Å². The van der Waals surface area contributed by atoms with Crippen molar-refractivity contribution < 1.29 is 4.79 Å². The molecule has 0 unspecified atom stereocenters. The molecule has 2 aromatic heterocycles. The van der Waals surface area contributed by atoms with Gasteiger partial charge in [-0.2, -0.15) is 5.26 Å². The normalized spacial score (nSPS) is 11.8. The van der Waals surface area contributed by atoms with Gasteiger partial charge in [-0.1, -0.05) is 19.9 Å². The van der Waals surface area contributed by atoms with Crippen LogP contribution in [0.25, 0.3) is 10.9 Å². The summed E-state index contributed by atoms with van der Waals surface area (Å²) in [5, 5.41) is 16.8. The molecule has 3 rings (SSSR count). The van der Waals surface area contributed by atoms with Crippen molar-refractivity contribution in [2.24, 2.45) is 17.4 Å². The second-order valence-electron chi connectivity index (χ2n) is 7.02. The molecular weight excluding hydrogens is 366 g/mol. The van der Waals surface area contributed by atoms with E-state index in [4.69, 9.17) is 11.5 Å². The number of fused-ring (bicyclic) bond motifs is 1. The van der Waals surface area contributed by atoms with Gasteiger partial charge in [-0.05, 0) is 36.2 Å². The lowest BCUT2D eigenvalue weighted by Crippen LogP contribution is -2.34. The fourth-order valence-electron chi connectivity index (χ4n) is 2.96. The van der Waals surface area contributed by atoms with Crippen molar-refractivity contribution in [3.05, 3.63) is 53.7 Å². The van der Waals surface area contributed by atoms with E-state index in [1.54, 1.807) is 6.20 Å². The van der Waals surface area contributed by atoms with Crippen LogP contribution in [0.2, 0.25) is 0 Å². The average molecular weight is 389 g/mol. The number of aromatic nitrogens is 2. The molecule has 0 bridgehead atoms. The van der Waals surface area contributed by atoms with E-state index >= 15 is 0 Å². The van der Waals surface area contributed by atoms with Gasteiger partial charge in [-0.25, -0.2) is 4.98 Å². The Morgan fingerprint density at radius 1 is 1.24 bits per heavy atom. The molecule has 3 aromatic rings. The predicted molar refractivity (Wildman–Crippen MR) is 114 cm³/mol. The van der Waals surface area contributed by atoms with Gasteiger partial charge in [0.05, 0.1) is 16.6 Å². The Morgan fingerprint density at radius 2 is 2.03 bits per heavy atom. The molecule has 0 aliphatic carbocycles. The lowest BCUT2D eigenvalue weighted by atomic mass is 10.0. The maximum Gasteiger partial charge on any atom is 0.252 e. The highest BCUT2D eigenvalue weighted by molar-refractivity contribution is 5.99. The molecule has 148 valence electrons. The number of hydrogen-bond acceptors (Lipinski definition) is 7. The number of primary amides is 1. The number of pyridine rings is 2. The van der Waals surface area contributed by atoms with Crippen molar-refractivity contribution in [3.63, 3.8) is 0 Å². The summed E-state index contributed by atoms with van der Waals surface area (Å²) in [6.45, 7) is 4.43. The molecule has 0 aliphatic rings. The Morgan fingerprint density at radius 3 is 2.69 bits per heavy atom. The quantitative estimate of drug-likeness (QED) is 0.486. The average Bonchev–Trinajstić information content (AvgIpc) is 2.71. The van der Waals surface area contributed by atoms with Gasteiger partial charge in [0.25, 0.3) is 5.91 Å². The third-order valence-electron chi connectivity index (χ3n) is 4.65. The van der Waals surface area contributed by atoms with E-state index in [2.05, 4.69) is 26.7 Å². The molecule has 1 aromatic carbocycles. The second kappa shape index (κ2) is 8.54. The first-order valence-electron chi connectivity index (χ1n) is 9.26. The molecule has 8 nitrogen and oxygen atoms in total. The van der Waals surface area contributed by atoms with E-state index in [0.29, 0.717) is 12.4 Å². The van der Waals surface area contributed by atoms with Gasteiger partial charge < -0.3 is 22.1 Å².